The van der Waals surface area contributed by atoms with Gasteiger partial charge in [0.15, 0.2) is 5.96 Å². The molecule has 0 saturated heterocycles. The fourth-order valence-electron chi connectivity index (χ4n) is 2.19. The molecule has 2 rings (SSSR count). The van der Waals surface area contributed by atoms with Gasteiger partial charge in [-0.2, -0.15) is 0 Å². The number of carbonyl (C=O) groups excluding carboxylic acids is 1. The molecule has 2 N–H and O–H groups in total. The zero-order chi connectivity index (χ0) is 19.5. The summed E-state index contributed by atoms with van der Waals surface area (Å²) in [4.78, 5) is 17.6. The van der Waals surface area contributed by atoms with Crippen molar-refractivity contribution in [2.75, 3.05) is 40.3 Å². The van der Waals surface area contributed by atoms with Gasteiger partial charge in [0.25, 0.3) is 0 Å². The topological polar surface area (TPSA) is 79.1 Å². The van der Waals surface area contributed by atoms with Crippen molar-refractivity contribution in [2.24, 2.45) is 4.99 Å². The Morgan fingerprint density at radius 3 is 2.50 bits per heavy atom. The van der Waals surface area contributed by atoms with Crippen LogP contribution in [0.25, 0.3) is 0 Å². The Balaban J connectivity index is 0.00000392. The van der Waals surface area contributed by atoms with E-state index in [1.54, 1.807) is 20.4 Å². The maximum Gasteiger partial charge on any atom is 0.243 e. The number of ether oxygens (including phenoxy) is 1. The number of likely N-dealkylation sites (N-methyl/N-ethyl adjacent to an activating group) is 1. The predicted molar refractivity (Wildman–Crippen MR) is 122 cm³/mol. The first-order valence-electron chi connectivity index (χ1n) is 8.99. The molecular weight excluding hydrogens is 471 g/mol. The first-order valence-corrected chi connectivity index (χ1v) is 8.99. The molecule has 28 heavy (non-hydrogen) atoms. The Morgan fingerprint density at radius 2 is 1.86 bits per heavy atom. The zero-order valence-electron chi connectivity index (χ0n) is 16.6. The van der Waals surface area contributed by atoms with Crippen LogP contribution in [0.5, 0.6) is 5.75 Å². The van der Waals surface area contributed by atoms with E-state index >= 15 is 0 Å². The highest BCUT2D eigenvalue weighted by Gasteiger charge is 2.05. The largest absolute Gasteiger partial charge is 0.492 e. The molecule has 0 aliphatic heterocycles. The van der Waals surface area contributed by atoms with E-state index in [2.05, 4.69) is 15.6 Å². The highest BCUT2D eigenvalue weighted by atomic mass is 127. The van der Waals surface area contributed by atoms with Gasteiger partial charge in [-0.1, -0.05) is 17.7 Å². The smallest absolute Gasteiger partial charge is 0.243 e. The first-order chi connectivity index (χ1) is 13.0. The van der Waals surface area contributed by atoms with Crippen LogP contribution < -0.4 is 15.4 Å². The summed E-state index contributed by atoms with van der Waals surface area (Å²) < 4.78 is 11.0. The van der Waals surface area contributed by atoms with E-state index < -0.39 is 0 Å². The highest BCUT2D eigenvalue weighted by Crippen LogP contribution is 2.10. The standard InChI is InChI=1S/C20H28N4O3.HI/c1-16-6-8-18(9-7-16)27-14-12-22-20(23-15-19(25)24(2)3)21-11-10-17-5-4-13-26-17;/h4-9,13H,10-12,14-15H2,1-3H3,(H2,21,22,23);1H. The second-order valence-electron chi connectivity index (χ2n) is 6.30. The summed E-state index contributed by atoms with van der Waals surface area (Å²) in [5.41, 5.74) is 1.20. The third kappa shape index (κ3) is 9.12. The summed E-state index contributed by atoms with van der Waals surface area (Å²) in [7, 11) is 3.43. The third-order valence-electron chi connectivity index (χ3n) is 3.80. The Morgan fingerprint density at radius 1 is 1.14 bits per heavy atom. The molecule has 0 saturated carbocycles. The van der Waals surface area contributed by atoms with Crippen molar-refractivity contribution < 1.29 is 13.9 Å². The Bertz CT molecular complexity index is 716. The number of hydrogen-bond donors (Lipinski definition) is 2. The number of rotatable bonds is 9. The van der Waals surface area contributed by atoms with E-state index in [9.17, 15) is 4.79 Å². The number of nitrogens with one attached hydrogen (secondary N) is 2. The number of carbonyl (C=O) groups is 1. The van der Waals surface area contributed by atoms with Gasteiger partial charge < -0.3 is 24.7 Å². The Hall–Kier alpha value is -2.23. The van der Waals surface area contributed by atoms with E-state index in [-0.39, 0.29) is 36.4 Å². The van der Waals surface area contributed by atoms with Crippen LogP contribution in [0.1, 0.15) is 11.3 Å². The van der Waals surface area contributed by atoms with E-state index in [0.29, 0.717) is 25.7 Å². The number of furan rings is 1. The maximum atomic E-state index is 11.8. The minimum atomic E-state index is -0.0574. The minimum Gasteiger partial charge on any atom is -0.492 e. The molecule has 0 bridgehead atoms. The summed E-state index contributed by atoms with van der Waals surface area (Å²) >= 11 is 0. The summed E-state index contributed by atoms with van der Waals surface area (Å²) in [6.45, 7) is 3.83. The molecule has 0 aliphatic carbocycles. The number of halogens is 1. The van der Waals surface area contributed by atoms with Crippen LogP contribution in [0.15, 0.2) is 52.1 Å². The molecule has 1 aromatic carbocycles. The maximum absolute atomic E-state index is 11.8. The molecule has 154 valence electrons. The molecule has 1 heterocycles. The van der Waals surface area contributed by atoms with Crippen molar-refractivity contribution in [2.45, 2.75) is 13.3 Å². The lowest BCUT2D eigenvalue weighted by molar-refractivity contribution is -0.127. The van der Waals surface area contributed by atoms with E-state index in [1.165, 1.54) is 10.5 Å². The lowest BCUT2D eigenvalue weighted by atomic mass is 10.2. The molecule has 8 heteroatoms. The van der Waals surface area contributed by atoms with Gasteiger partial charge in [-0.15, -0.1) is 24.0 Å². The van der Waals surface area contributed by atoms with Gasteiger partial charge in [-0.25, -0.2) is 4.99 Å². The van der Waals surface area contributed by atoms with E-state index in [4.69, 9.17) is 9.15 Å². The van der Waals surface area contributed by atoms with Crippen LogP contribution in [-0.2, 0) is 11.2 Å². The molecule has 0 spiro atoms. The minimum absolute atomic E-state index is 0. The quantitative estimate of drug-likeness (QED) is 0.240. The van der Waals surface area contributed by atoms with Gasteiger partial charge in [0.05, 0.1) is 12.8 Å². The molecule has 0 fully saturated rings. The van der Waals surface area contributed by atoms with E-state index in [0.717, 1.165) is 17.9 Å². The number of aryl methyl sites for hydroxylation is 1. The fraction of sp³-hybridized carbons (Fsp3) is 0.400. The molecule has 1 aromatic heterocycles. The summed E-state index contributed by atoms with van der Waals surface area (Å²) in [5.74, 6) is 2.24. The number of guanidine groups is 1. The zero-order valence-corrected chi connectivity index (χ0v) is 18.9. The van der Waals surface area contributed by atoms with Gasteiger partial charge in [-0.3, -0.25) is 4.79 Å². The third-order valence-corrected chi connectivity index (χ3v) is 3.80. The van der Waals surface area contributed by atoms with Crippen molar-refractivity contribution in [1.29, 1.82) is 0 Å². The predicted octanol–water partition coefficient (Wildman–Crippen LogP) is 2.45. The van der Waals surface area contributed by atoms with Crippen LogP contribution in [-0.4, -0.2) is 57.1 Å². The second-order valence-corrected chi connectivity index (χ2v) is 6.30. The van der Waals surface area contributed by atoms with Gasteiger partial charge in [0.1, 0.15) is 24.7 Å². The number of hydrogen-bond acceptors (Lipinski definition) is 4. The molecule has 7 nitrogen and oxygen atoms in total. The second kappa shape index (κ2) is 13.0. The molecule has 0 aliphatic rings. The van der Waals surface area contributed by atoms with Crippen LogP contribution in [0, 0.1) is 6.92 Å². The van der Waals surface area contributed by atoms with Crippen molar-refractivity contribution in [3.63, 3.8) is 0 Å². The summed E-state index contributed by atoms with van der Waals surface area (Å²) in [5, 5.41) is 6.40. The van der Waals surface area contributed by atoms with Gasteiger partial charge in [0, 0.05) is 27.1 Å². The monoisotopic (exact) mass is 500 g/mol. The van der Waals surface area contributed by atoms with Gasteiger partial charge >= 0.3 is 0 Å². The average molecular weight is 500 g/mol. The molecular formula is C20H29IN4O3. The average Bonchev–Trinajstić information content (AvgIpc) is 3.17. The van der Waals surface area contributed by atoms with Crippen molar-refractivity contribution in [1.82, 2.24) is 15.5 Å². The first kappa shape index (κ1) is 23.8. The Labute approximate surface area is 183 Å². The number of amides is 1. The lowest BCUT2D eigenvalue weighted by Gasteiger charge is -2.14. The fourth-order valence-corrected chi connectivity index (χ4v) is 2.19. The van der Waals surface area contributed by atoms with Crippen LogP contribution in [0.3, 0.4) is 0 Å². The van der Waals surface area contributed by atoms with Crippen LogP contribution in [0.4, 0.5) is 0 Å². The summed E-state index contributed by atoms with van der Waals surface area (Å²) in [6.07, 6.45) is 2.38. The molecule has 0 atom stereocenters. The van der Waals surface area contributed by atoms with Gasteiger partial charge in [0.2, 0.25) is 5.91 Å². The van der Waals surface area contributed by atoms with Crippen LogP contribution >= 0.6 is 24.0 Å². The normalized spacial score (nSPS) is 10.8. The van der Waals surface area contributed by atoms with Crippen molar-refractivity contribution >= 4 is 35.8 Å². The highest BCUT2D eigenvalue weighted by molar-refractivity contribution is 14.0. The van der Waals surface area contributed by atoms with E-state index in [1.807, 2.05) is 43.3 Å². The summed E-state index contributed by atoms with van der Waals surface area (Å²) in [6, 6.07) is 11.7. The van der Waals surface area contributed by atoms with Crippen molar-refractivity contribution in [3.05, 3.63) is 54.0 Å². The lowest BCUT2D eigenvalue weighted by Crippen LogP contribution is -2.41. The Kier molecular flexibility index (Phi) is 11.1. The number of nitrogens with zero attached hydrogens (tertiary/aromatic N) is 2. The number of aliphatic imine (C=N–C) groups is 1. The van der Waals surface area contributed by atoms with Gasteiger partial charge in [-0.05, 0) is 31.2 Å². The molecule has 0 unspecified atom stereocenters. The van der Waals surface area contributed by atoms with Crippen molar-refractivity contribution in [3.8, 4) is 5.75 Å². The van der Waals surface area contributed by atoms with Crippen LogP contribution in [0.2, 0.25) is 0 Å². The SMILES string of the molecule is Cc1ccc(OCCNC(=NCC(=O)N(C)C)NCCc2ccco2)cc1.I. The number of benzene rings is 1. The molecule has 0 radical (unpaired) electrons. The molecule has 1 amide bonds. The molecule has 2 aromatic rings.